The summed E-state index contributed by atoms with van der Waals surface area (Å²) in [6.45, 7) is 4.80. The summed E-state index contributed by atoms with van der Waals surface area (Å²) < 4.78 is 2.50. The first-order valence-corrected chi connectivity index (χ1v) is 5.12. The summed E-state index contributed by atoms with van der Waals surface area (Å²) in [5, 5.41) is 0. The first-order chi connectivity index (χ1) is 4.34. The molecule has 0 radical (unpaired) electrons. The molecule has 0 amide bonds. The van der Waals surface area contributed by atoms with Gasteiger partial charge in [0, 0.05) is 13.1 Å². The summed E-state index contributed by atoms with van der Waals surface area (Å²) in [6, 6.07) is 0. The van der Waals surface area contributed by atoms with E-state index in [0.717, 1.165) is 0 Å². The Kier molecular flexibility index (Phi) is 2.73. The summed E-state index contributed by atoms with van der Waals surface area (Å²) in [5.74, 6) is 5.31. The van der Waals surface area contributed by atoms with Crippen molar-refractivity contribution in [3.8, 4) is 0 Å². The quantitative estimate of drug-likeness (QED) is 0.535. The fourth-order valence-corrected chi connectivity index (χ4v) is 2.27. The highest BCUT2D eigenvalue weighted by Gasteiger charge is 2.11. The first kappa shape index (κ1) is 7.29. The lowest BCUT2D eigenvalue weighted by molar-refractivity contribution is 0.585. The molecule has 1 saturated heterocycles. The Balaban J connectivity index is 2.32. The lowest BCUT2D eigenvalue weighted by atomic mass is 10.4. The molecule has 0 bridgehead atoms. The fraction of sp³-hybridized carbons (Fsp3) is 0.857. The molecule has 1 rings (SSSR count). The molecule has 0 aliphatic carbocycles. The first-order valence-electron chi connectivity index (χ1n) is 3.60. The van der Waals surface area contributed by atoms with Crippen LogP contribution < -0.4 is 0 Å². The molecule has 0 aromatic carbocycles. The Bertz CT molecular complexity index is 105. The van der Waals surface area contributed by atoms with Gasteiger partial charge in [0.15, 0.2) is 0 Å². The van der Waals surface area contributed by atoms with Gasteiger partial charge in [-0.2, -0.15) is 0 Å². The molecule has 2 heteroatoms. The van der Waals surface area contributed by atoms with Crippen molar-refractivity contribution in [2.75, 3.05) is 18.8 Å². The Morgan fingerprint density at radius 1 is 1.44 bits per heavy atom. The molecule has 54 valence electrons. The van der Waals surface area contributed by atoms with Crippen molar-refractivity contribution in [1.82, 2.24) is 4.31 Å². The fourth-order valence-electron chi connectivity index (χ4n) is 1.13. The lowest BCUT2D eigenvalue weighted by Gasteiger charge is -2.16. The van der Waals surface area contributed by atoms with Crippen LogP contribution in [0.15, 0.2) is 0 Å². The van der Waals surface area contributed by atoms with Crippen LogP contribution in [0.25, 0.3) is 0 Å². The Morgan fingerprint density at radius 3 is 2.44 bits per heavy atom. The van der Waals surface area contributed by atoms with Gasteiger partial charge in [-0.1, -0.05) is 12.8 Å². The molecule has 1 nitrogen and oxygen atoms in total. The van der Waals surface area contributed by atoms with Crippen LogP contribution in [-0.4, -0.2) is 29.0 Å². The van der Waals surface area contributed by atoms with Crippen molar-refractivity contribution in [3.05, 3.63) is 0 Å². The van der Waals surface area contributed by atoms with Crippen LogP contribution in [0, 0.1) is 0 Å². The topological polar surface area (TPSA) is 3.24 Å². The van der Waals surface area contributed by atoms with Crippen molar-refractivity contribution >= 4 is 16.5 Å². The minimum atomic E-state index is 0.331. The molecule has 1 unspecified atom stereocenters. The van der Waals surface area contributed by atoms with E-state index in [0.29, 0.717) is 10.7 Å². The van der Waals surface area contributed by atoms with Crippen LogP contribution in [-0.2, 0) is 0 Å². The van der Waals surface area contributed by atoms with Gasteiger partial charge in [-0.15, -0.1) is 10.7 Å². The Labute approximate surface area is 60.1 Å². The molecule has 1 aliphatic rings. The second-order valence-electron chi connectivity index (χ2n) is 2.39. The summed E-state index contributed by atoms with van der Waals surface area (Å²) in [5.41, 5.74) is 0. The average Bonchev–Trinajstić information content (AvgIpc) is 2.37. The van der Waals surface area contributed by atoms with Crippen LogP contribution in [0.3, 0.4) is 0 Å². The minimum Gasteiger partial charge on any atom is -0.257 e. The standard InChI is InChI=1S/C7H15NS/c1-3-9(2)8-6-4-5-7-8/h2-7H2,1H3. The molecule has 0 N–H and O–H groups in total. The van der Waals surface area contributed by atoms with E-state index in [-0.39, 0.29) is 0 Å². The van der Waals surface area contributed by atoms with E-state index in [1.165, 1.54) is 31.7 Å². The van der Waals surface area contributed by atoms with E-state index in [2.05, 4.69) is 17.1 Å². The van der Waals surface area contributed by atoms with Crippen LogP contribution in [0.1, 0.15) is 19.8 Å². The van der Waals surface area contributed by atoms with Crippen LogP contribution in [0.5, 0.6) is 0 Å². The summed E-state index contributed by atoms with van der Waals surface area (Å²) in [7, 11) is 0.331. The van der Waals surface area contributed by atoms with Gasteiger partial charge in [-0.3, -0.25) is 4.31 Å². The van der Waals surface area contributed by atoms with Gasteiger partial charge >= 0.3 is 0 Å². The zero-order chi connectivity index (χ0) is 6.69. The monoisotopic (exact) mass is 145 g/mol. The predicted molar refractivity (Wildman–Crippen MR) is 46.1 cm³/mol. The number of hydrogen-bond donors (Lipinski definition) is 0. The van der Waals surface area contributed by atoms with Crippen LogP contribution in [0.2, 0.25) is 0 Å². The van der Waals surface area contributed by atoms with Crippen molar-refractivity contribution in [2.24, 2.45) is 0 Å². The molecule has 0 saturated carbocycles. The third-order valence-electron chi connectivity index (χ3n) is 1.76. The highest BCUT2D eigenvalue weighted by molar-refractivity contribution is 8.12. The van der Waals surface area contributed by atoms with Crippen molar-refractivity contribution in [2.45, 2.75) is 19.8 Å². The van der Waals surface area contributed by atoms with Crippen LogP contribution in [0.4, 0.5) is 0 Å². The van der Waals surface area contributed by atoms with E-state index in [1.54, 1.807) is 0 Å². The maximum absolute atomic E-state index is 4.09. The lowest BCUT2D eigenvalue weighted by Crippen LogP contribution is -2.12. The molecule has 1 aliphatic heterocycles. The molecular weight excluding hydrogens is 130 g/mol. The minimum absolute atomic E-state index is 0.331. The van der Waals surface area contributed by atoms with E-state index < -0.39 is 0 Å². The smallest absolute Gasteiger partial charge is 0.00849 e. The average molecular weight is 145 g/mol. The summed E-state index contributed by atoms with van der Waals surface area (Å²) >= 11 is 0. The van der Waals surface area contributed by atoms with Gasteiger partial charge in [0.05, 0.1) is 0 Å². The Hall–Kier alpha value is 0.180. The summed E-state index contributed by atoms with van der Waals surface area (Å²) in [4.78, 5) is 0. The van der Waals surface area contributed by atoms with Gasteiger partial charge in [0.1, 0.15) is 0 Å². The highest BCUT2D eigenvalue weighted by atomic mass is 32.2. The molecule has 0 aromatic rings. The zero-order valence-corrected chi connectivity index (χ0v) is 6.91. The molecule has 1 atom stereocenters. The van der Waals surface area contributed by atoms with Crippen molar-refractivity contribution in [3.63, 3.8) is 0 Å². The molecular formula is C7H15NS. The second kappa shape index (κ2) is 3.37. The van der Waals surface area contributed by atoms with Crippen LogP contribution >= 0.6 is 10.7 Å². The van der Waals surface area contributed by atoms with Gasteiger partial charge in [0.2, 0.25) is 0 Å². The molecule has 1 fully saturated rings. The van der Waals surface area contributed by atoms with E-state index in [1.807, 2.05) is 0 Å². The Morgan fingerprint density at radius 2 is 2.00 bits per heavy atom. The van der Waals surface area contributed by atoms with Gasteiger partial charge in [-0.25, -0.2) is 0 Å². The maximum atomic E-state index is 4.09. The van der Waals surface area contributed by atoms with E-state index in [4.69, 9.17) is 0 Å². The van der Waals surface area contributed by atoms with Gasteiger partial charge in [0.25, 0.3) is 0 Å². The molecule has 0 spiro atoms. The SMILES string of the molecule is C=S(CC)N1CCCC1. The number of nitrogens with zero attached hydrogens (tertiary/aromatic N) is 1. The summed E-state index contributed by atoms with van der Waals surface area (Å²) in [6.07, 6.45) is 2.78. The number of rotatable bonds is 2. The zero-order valence-electron chi connectivity index (χ0n) is 6.10. The van der Waals surface area contributed by atoms with Gasteiger partial charge < -0.3 is 0 Å². The van der Waals surface area contributed by atoms with Crippen molar-refractivity contribution in [1.29, 1.82) is 0 Å². The second-order valence-corrected chi connectivity index (χ2v) is 4.41. The third-order valence-corrected chi connectivity index (χ3v) is 3.53. The predicted octanol–water partition coefficient (Wildman–Crippen LogP) is 1.72. The molecule has 1 heterocycles. The maximum Gasteiger partial charge on any atom is 0.00849 e. The third kappa shape index (κ3) is 1.80. The molecule has 0 aromatic heterocycles. The highest BCUT2D eigenvalue weighted by Crippen LogP contribution is 2.22. The number of hydrogen-bond acceptors (Lipinski definition) is 1. The van der Waals surface area contributed by atoms with Crippen molar-refractivity contribution < 1.29 is 0 Å². The van der Waals surface area contributed by atoms with Gasteiger partial charge in [-0.05, 0) is 18.6 Å². The normalized spacial score (nSPS) is 24.6. The molecule has 9 heavy (non-hydrogen) atoms. The largest absolute Gasteiger partial charge is 0.257 e. The van der Waals surface area contributed by atoms with E-state index in [9.17, 15) is 0 Å². The van der Waals surface area contributed by atoms with E-state index >= 15 is 0 Å².